The zero-order valence-electron chi connectivity index (χ0n) is 15.5. The largest absolute Gasteiger partial charge is 0.484 e. The Morgan fingerprint density at radius 1 is 1.14 bits per heavy atom. The zero-order chi connectivity index (χ0) is 19.5. The van der Waals surface area contributed by atoms with Crippen LogP contribution in [0.2, 0.25) is 0 Å². The molecule has 0 unspecified atom stereocenters. The van der Waals surface area contributed by atoms with Gasteiger partial charge in [-0.05, 0) is 43.4 Å². The second-order valence-electron chi connectivity index (χ2n) is 6.61. The second kappa shape index (κ2) is 8.10. The normalized spacial score (nSPS) is 14.8. The molecular formula is C20H21NO6S. The number of thiophene rings is 1. The Hall–Kier alpha value is -2.74. The molecule has 28 heavy (non-hydrogen) atoms. The van der Waals surface area contributed by atoms with E-state index in [0.717, 1.165) is 42.5 Å². The van der Waals surface area contributed by atoms with E-state index in [2.05, 4.69) is 5.32 Å². The van der Waals surface area contributed by atoms with Crippen molar-refractivity contribution in [3.8, 4) is 17.2 Å². The summed E-state index contributed by atoms with van der Waals surface area (Å²) in [5, 5.41) is 3.36. The molecule has 1 aromatic heterocycles. The highest BCUT2D eigenvalue weighted by Crippen LogP contribution is 2.38. The Balaban J connectivity index is 1.46. The first-order valence-corrected chi connectivity index (χ1v) is 10.0. The molecule has 0 spiro atoms. The predicted octanol–water partition coefficient (Wildman–Crippen LogP) is 3.55. The summed E-state index contributed by atoms with van der Waals surface area (Å²) >= 11 is 1.46. The number of benzene rings is 1. The van der Waals surface area contributed by atoms with Crippen molar-refractivity contribution in [3.05, 3.63) is 34.2 Å². The van der Waals surface area contributed by atoms with Crippen LogP contribution >= 0.6 is 11.3 Å². The molecule has 0 fully saturated rings. The minimum absolute atomic E-state index is 0.178. The van der Waals surface area contributed by atoms with Gasteiger partial charge in [-0.15, -0.1) is 11.3 Å². The molecule has 148 valence electrons. The van der Waals surface area contributed by atoms with Gasteiger partial charge in [-0.3, -0.25) is 4.79 Å². The van der Waals surface area contributed by atoms with E-state index in [-0.39, 0.29) is 19.3 Å². The van der Waals surface area contributed by atoms with Gasteiger partial charge in [0.05, 0.1) is 12.7 Å². The van der Waals surface area contributed by atoms with Gasteiger partial charge in [-0.1, -0.05) is 6.42 Å². The molecule has 0 radical (unpaired) electrons. The highest BCUT2D eigenvalue weighted by atomic mass is 32.1. The van der Waals surface area contributed by atoms with Crippen molar-refractivity contribution in [2.45, 2.75) is 32.1 Å². The van der Waals surface area contributed by atoms with Crippen molar-refractivity contribution >= 4 is 28.2 Å². The number of amides is 1. The van der Waals surface area contributed by atoms with Crippen molar-refractivity contribution in [2.24, 2.45) is 0 Å². The first-order chi connectivity index (χ1) is 13.7. The van der Waals surface area contributed by atoms with Gasteiger partial charge in [-0.25, -0.2) is 4.79 Å². The molecule has 8 heteroatoms. The summed E-state index contributed by atoms with van der Waals surface area (Å²) in [7, 11) is 1.36. The Labute approximate surface area is 166 Å². The fourth-order valence-electron chi connectivity index (χ4n) is 3.43. The predicted molar refractivity (Wildman–Crippen MR) is 104 cm³/mol. The Kier molecular flexibility index (Phi) is 5.38. The molecule has 1 aromatic carbocycles. The number of methoxy groups -OCH3 is 1. The number of carbonyl (C=O) groups is 2. The lowest BCUT2D eigenvalue weighted by Crippen LogP contribution is -2.21. The number of fused-ring (bicyclic) bond motifs is 2. The molecule has 2 aliphatic rings. The number of nitrogens with one attached hydrogen (secondary N) is 1. The molecule has 2 aromatic rings. The quantitative estimate of drug-likeness (QED) is 0.607. The zero-order valence-corrected chi connectivity index (χ0v) is 16.4. The van der Waals surface area contributed by atoms with Gasteiger partial charge in [0.2, 0.25) is 6.79 Å². The van der Waals surface area contributed by atoms with Crippen molar-refractivity contribution in [1.29, 1.82) is 0 Å². The monoisotopic (exact) mass is 403 g/mol. The van der Waals surface area contributed by atoms with E-state index in [4.69, 9.17) is 18.9 Å². The van der Waals surface area contributed by atoms with Crippen molar-refractivity contribution in [2.75, 3.05) is 25.8 Å². The van der Waals surface area contributed by atoms with Gasteiger partial charge in [-0.2, -0.15) is 0 Å². The highest BCUT2D eigenvalue weighted by Gasteiger charge is 2.26. The maximum absolute atomic E-state index is 12.4. The Morgan fingerprint density at radius 3 is 2.82 bits per heavy atom. The molecule has 1 aliphatic heterocycles. The lowest BCUT2D eigenvalue weighted by Gasteiger charge is -2.09. The molecule has 7 nitrogen and oxygen atoms in total. The van der Waals surface area contributed by atoms with Gasteiger partial charge in [0, 0.05) is 10.9 Å². The Bertz CT molecular complexity index is 906. The molecule has 0 bridgehead atoms. The molecule has 1 N–H and O–H groups in total. The number of anilines is 1. The lowest BCUT2D eigenvalue weighted by molar-refractivity contribution is -0.118. The molecule has 4 rings (SSSR count). The van der Waals surface area contributed by atoms with E-state index in [9.17, 15) is 9.59 Å². The van der Waals surface area contributed by atoms with Gasteiger partial charge in [0.1, 0.15) is 10.8 Å². The average Bonchev–Trinajstić information content (AvgIpc) is 3.23. The average molecular weight is 403 g/mol. The summed E-state index contributed by atoms with van der Waals surface area (Å²) in [6, 6.07) is 5.14. The van der Waals surface area contributed by atoms with Gasteiger partial charge in [0.15, 0.2) is 18.1 Å². The lowest BCUT2D eigenvalue weighted by atomic mass is 10.1. The Morgan fingerprint density at radius 2 is 1.96 bits per heavy atom. The number of aryl methyl sites for hydroxylation is 1. The van der Waals surface area contributed by atoms with E-state index < -0.39 is 5.97 Å². The van der Waals surface area contributed by atoms with Crippen LogP contribution in [0.3, 0.4) is 0 Å². The van der Waals surface area contributed by atoms with Crippen LogP contribution in [-0.4, -0.2) is 32.4 Å². The third-order valence-electron chi connectivity index (χ3n) is 4.78. The van der Waals surface area contributed by atoms with E-state index in [1.54, 1.807) is 18.2 Å². The van der Waals surface area contributed by atoms with Gasteiger partial charge < -0.3 is 24.3 Å². The van der Waals surface area contributed by atoms with Crippen LogP contribution in [0.1, 0.15) is 40.1 Å². The molecule has 2 heterocycles. The molecule has 0 saturated carbocycles. The smallest absolute Gasteiger partial charge is 0.341 e. The third kappa shape index (κ3) is 3.77. The number of hydrogen-bond donors (Lipinski definition) is 1. The van der Waals surface area contributed by atoms with E-state index in [0.29, 0.717) is 27.8 Å². The minimum Gasteiger partial charge on any atom is -0.484 e. The molecule has 0 atom stereocenters. The number of ether oxygens (including phenoxy) is 4. The number of carbonyl (C=O) groups excluding carboxylic acids is 2. The van der Waals surface area contributed by atoms with Crippen LogP contribution in [0, 0.1) is 0 Å². The standard InChI is InChI=1S/C20H21NO6S/c1-24-20(23)18-13-5-3-2-4-6-16(13)28-19(18)21-17(22)10-25-12-7-8-14-15(9-12)27-11-26-14/h7-9H,2-6,10-11H2,1H3,(H,21,22). The maximum atomic E-state index is 12.4. The molecular weight excluding hydrogens is 382 g/mol. The topological polar surface area (TPSA) is 83.1 Å². The fourth-order valence-corrected chi connectivity index (χ4v) is 4.72. The summed E-state index contributed by atoms with van der Waals surface area (Å²) < 4.78 is 21.1. The summed E-state index contributed by atoms with van der Waals surface area (Å²) in [4.78, 5) is 25.9. The minimum atomic E-state index is -0.411. The van der Waals surface area contributed by atoms with Crippen LogP contribution in [0.15, 0.2) is 18.2 Å². The number of rotatable bonds is 5. The van der Waals surface area contributed by atoms with E-state index >= 15 is 0 Å². The summed E-state index contributed by atoms with van der Waals surface area (Å²) in [6.07, 6.45) is 5.03. The maximum Gasteiger partial charge on any atom is 0.341 e. The van der Waals surface area contributed by atoms with Crippen LogP contribution < -0.4 is 19.5 Å². The summed E-state index contributed by atoms with van der Waals surface area (Å²) in [5.41, 5.74) is 1.50. The van der Waals surface area contributed by atoms with E-state index in [1.807, 2.05) is 0 Å². The van der Waals surface area contributed by atoms with Crippen molar-refractivity contribution < 1.29 is 28.5 Å². The SMILES string of the molecule is COC(=O)c1c(NC(=O)COc2ccc3c(c2)OCO3)sc2c1CCCCC2. The van der Waals surface area contributed by atoms with E-state index in [1.165, 1.54) is 18.4 Å². The van der Waals surface area contributed by atoms with Gasteiger partial charge in [0.25, 0.3) is 5.91 Å². The summed E-state index contributed by atoms with van der Waals surface area (Å²) in [5.74, 6) is 1.01. The molecule has 1 amide bonds. The van der Waals surface area contributed by atoms with Crippen molar-refractivity contribution in [1.82, 2.24) is 0 Å². The number of esters is 1. The second-order valence-corrected chi connectivity index (χ2v) is 7.72. The fraction of sp³-hybridized carbons (Fsp3) is 0.400. The third-order valence-corrected chi connectivity index (χ3v) is 5.98. The first kappa shape index (κ1) is 18.6. The molecule has 1 aliphatic carbocycles. The van der Waals surface area contributed by atoms with Crippen LogP contribution in [0.4, 0.5) is 5.00 Å². The highest BCUT2D eigenvalue weighted by molar-refractivity contribution is 7.17. The van der Waals surface area contributed by atoms with Crippen LogP contribution in [-0.2, 0) is 22.4 Å². The van der Waals surface area contributed by atoms with Crippen molar-refractivity contribution in [3.63, 3.8) is 0 Å². The summed E-state index contributed by atoms with van der Waals surface area (Å²) in [6.45, 7) is 0.00143. The number of hydrogen-bond acceptors (Lipinski definition) is 7. The molecule has 0 saturated heterocycles. The van der Waals surface area contributed by atoms with Gasteiger partial charge >= 0.3 is 5.97 Å². The van der Waals surface area contributed by atoms with Crippen LogP contribution in [0.5, 0.6) is 17.2 Å². The van der Waals surface area contributed by atoms with Crippen LogP contribution in [0.25, 0.3) is 0 Å². The first-order valence-electron chi connectivity index (χ1n) is 9.21.